The highest BCUT2D eigenvalue weighted by Crippen LogP contribution is 2.33. The van der Waals surface area contributed by atoms with Crippen LogP contribution < -0.4 is 5.32 Å². The molecule has 0 radical (unpaired) electrons. The van der Waals surface area contributed by atoms with Gasteiger partial charge >= 0.3 is 12.1 Å². The summed E-state index contributed by atoms with van der Waals surface area (Å²) in [5, 5.41) is 19.5. The van der Waals surface area contributed by atoms with Gasteiger partial charge in [-0.1, -0.05) is 6.08 Å². The molecule has 0 aliphatic heterocycles. The van der Waals surface area contributed by atoms with E-state index in [4.69, 9.17) is 10.4 Å². The number of carboxylic acids is 1. The van der Waals surface area contributed by atoms with Crippen LogP contribution in [0.25, 0.3) is 0 Å². The number of carboxylic acid groups (broad SMARTS) is 1. The molecule has 7 heteroatoms. The highest BCUT2D eigenvalue weighted by molar-refractivity contribution is 5.79. The average molecular weight is 270 g/mol. The smallest absolute Gasteiger partial charge is 0.417 e. The largest absolute Gasteiger partial charge is 0.478 e. The maximum atomic E-state index is 12.6. The number of hydrogen-bond donors (Lipinski definition) is 2. The molecule has 1 aromatic carbocycles. The minimum absolute atomic E-state index is 0.0650. The molecule has 0 saturated heterocycles. The first-order valence-corrected chi connectivity index (χ1v) is 5.09. The Morgan fingerprint density at radius 3 is 2.68 bits per heavy atom. The second-order valence-electron chi connectivity index (χ2n) is 3.49. The van der Waals surface area contributed by atoms with Crippen molar-refractivity contribution in [1.29, 1.82) is 5.26 Å². The number of rotatable bonds is 4. The van der Waals surface area contributed by atoms with Gasteiger partial charge in [-0.05, 0) is 18.2 Å². The molecule has 0 amide bonds. The van der Waals surface area contributed by atoms with Gasteiger partial charge in [0.1, 0.15) is 0 Å². The molecule has 0 bridgehead atoms. The van der Waals surface area contributed by atoms with Crippen molar-refractivity contribution in [1.82, 2.24) is 0 Å². The molecular formula is C12H9F3N2O2. The molecule has 0 heterocycles. The molecule has 0 aliphatic carbocycles. The lowest BCUT2D eigenvalue weighted by Crippen LogP contribution is -2.09. The molecule has 0 atom stereocenters. The Morgan fingerprint density at radius 1 is 1.47 bits per heavy atom. The molecule has 0 spiro atoms. The second kappa shape index (κ2) is 5.91. The van der Waals surface area contributed by atoms with E-state index in [1.54, 1.807) is 0 Å². The zero-order chi connectivity index (χ0) is 14.5. The molecular weight excluding hydrogens is 261 g/mol. The van der Waals surface area contributed by atoms with Crippen molar-refractivity contribution < 1.29 is 23.1 Å². The number of nitrogens with one attached hydrogen (secondary N) is 1. The Hall–Kier alpha value is -2.49. The fourth-order valence-corrected chi connectivity index (χ4v) is 1.32. The molecule has 1 rings (SSSR count). The summed E-state index contributed by atoms with van der Waals surface area (Å²) in [5.41, 5.74) is -1.33. The van der Waals surface area contributed by atoms with E-state index in [1.165, 1.54) is 18.2 Å². The zero-order valence-electron chi connectivity index (χ0n) is 9.53. The van der Waals surface area contributed by atoms with Gasteiger partial charge in [0.05, 0.1) is 17.2 Å². The van der Waals surface area contributed by atoms with Gasteiger partial charge in [-0.15, -0.1) is 0 Å². The maximum absolute atomic E-state index is 12.6. The summed E-state index contributed by atoms with van der Waals surface area (Å²) < 4.78 is 37.9. The van der Waals surface area contributed by atoms with Crippen LogP contribution in [-0.2, 0) is 11.0 Å². The summed E-state index contributed by atoms with van der Waals surface area (Å²) in [4.78, 5) is 10.2. The number of alkyl halides is 3. The molecule has 2 N–H and O–H groups in total. The molecule has 0 aliphatic rings. The van der Waals surface area contributed by atoms with Gasteiger partial charge in [0, 0.05) is 18.3 Å². The van der Waals surface area contributed by atoms with Gasteiger partial charge in [-0.3, -0.25) is 0 Å². The van der Waals surface area contributed by atoms with Crippen molar-refractivity contribution in [2.75, 3.05) is 11.9 Å². The highest BCUT2D eigenvalue weighted by Gasteiger charge is 2.33. The van der Waals surface area contributed by atoms with E-state index in [9.17, 15) is 18.0 Å². The Morgan fingerprint density at radius 2 is 2.16 bits per heavy atom. The lowest BCUT2D eigenvalue weighted by Gasteiger charge is -2.11. The first-order chi connectivity index (χ1) is 8.84. The van der Waals surface area contributed by atoms with Gasteiger partial charge in [0.15, 0.2) is 0 Å². The van der Waals surface area contributed by atoms with E-state index < -0.39 is 23.3 Å². The number of carbonyl (C=O) groups is 1. The van der Waals surface area contributed by atoms with Crippen molar-refractivity contribution in [3.63, 3.8) is 0 Å². The second-order valence-corrected chi connectivity index (χ2v) is 3.49. The standard InChI is InChI=1S/C12H9F3N2O2/c13-12(14,15)10-6-9(4-3-8(10)7-16)17-5-1-2-11(18)19/h1-4,6,17H,5H2,(H,18,19)/b2-1+. The van der Waals surface area contributed by atoms with Gasteiger partial charge in [-0.25, -0.2) is 4.79 Å². The minimum atomic E-state index is -4.61. The maximum Gasteiger partial charge on any atom is 0.417 e. The van der Waals surface area contributed by atoms with Crippen molar-refractivity contribution in [3.8, 4) is 6.07 Å². The molecule has 0 unspecified atom stereocenters. The summed E-state index contributed by atoms with van der Waals surface area (Å²) in [6, 6.07) is 4.67. The lowest BCUT2D eigenvalue weighted by atomic mass is 10.1. The van der Waals surface area contributed by atoms with E-state index >= 15 is 0 Å². The molecule has 1 aromatic rings. The summed E-state index contributed by atoms with van der Waals surface area (Å²) in [5.74, 6) is -1.14. The number of benzene rings is 1. The average Bonchev–Trinajstić information content (AvgIpc) is 2.33. The summed E-state index contributed by atoms with van der Waals surface area (Å²) >= 11 is 0. The van der Waals surface area contributed by atoms with Crippen LogP contribution in [0.15, 0.2) is 30.4 Å². The number of halogens is 3. The third-order valence-corrected chi connectivity index (χ3v) is 2.13. The third kappa shape index (κ3) is 4.35. The minimum Gasteiger partial charge on any atom is -0.478 e. The first kappa shape index (κ1) is 14.6. The number of nitriles is 1. The van der Waals surface area contributed by atoms with Gasteiger partial charge in [-0.2, -0.15) is 18.4 Å². The fraction of sp³-hybridized carbons (Fsp3) is 0.167. The number of aliphatic carboxylic acids is 1. The van der Waals surface area contributed by atoms with Crippen molar-refractivity contribution in [2.24, 2.45) is 0 Å². The Labute approximate surface area is 106 Å². The van der Waals surface area contributed by atoms with Crippen LogP contribution in [0.5, 0.6) is 0 Å². The topological polar surface area (TPSA) is 73.1 Å². The van der Waals surface area contributed by atoms with Gasteiger partial charge < -0.3 is 10.4 Å². The molecule has 0 fully saturated rings. The Balaban J connectivity index is 2.88. The van der Waals surface area contributed by atoms with E-state index in [1.807, 2.05) is 0 Å². The van der Waals surface area contributed by atoms with Crippen LogP contribution >= 0.6 is 0 Å². The lowest BCUT2D eigenvalue weighted by molar-refractivity contribution is -0.137. The molecule has 0 saturated carbocycles. The van der Waals surface area contributed by atoms with Crippen molar-refractivity contribution in [2.45, 2.75) is 6.18 Å². The van der Waals surface area contributed by atoms with Crippen molar-refractivity contribution in [3.05, 3.63) is 41.5 Å². The van der Waals surface area contributed by atoms with E-state index in [2.05, 4.69) is 5.32 Å². The highest BCUT2D eigenvalue weighted by atomic mass is 19.4. The Bertz CT molecular complexity index is 545. The van der Waals surface area contributed by atoms with Crippen LogP contribution in [0.4, 0.5) is 18.9 Å². The molecule has 4 nitrogen and oxygen atoms in total. The van der Waals surface area contributed by atoms with Crippen LogP contribution in [0.1, 0.15) is 11.1 Å². The first-order valence-electron chi connectivity index (χ1n) is 5.09. The number of anilines is 1. The SMILES string of the molecule is N#Cc1ccc(NC/C=C/C(=O)O)cc1C(F)(F)F. The molecule has 0 aromatic heterocycles. The monoisotopic (exact) mass is 270 g/mol. The van der Waals surface area contributed by atoms with E-state index in [0.29, 0.717) is 0 Å². The van der Waals surface area contributed by atoms with Crippen LogP contribution in [0, 0.1) is 11.3 Å². The van der Waals surface area contributed by atoms with Crippen LogP contribution in [-0.4, -0.2) is 17.6 Å². The Kier molecular flexibility index (Phi) is 4.53. The van der Waals surface area contributed by atoms with Crippen LogP contribution in [0.3, 0.4) is 0 Å². The third-order valence-electron chi connectivity index (χ3n) is 2.13. The number of hydrogen-bond acceptors (Lipinski definition) is 3. The molecule has 100 valence electrons. The quantitative estimate of drug-likeness (QED) is 0.825. The van der Waals surface area contributed by atoms with Crippen LogP contribution in [0.2, 0.25) is 0 Å². The number of nitrogens with zero attached hydrogens (tertiary/aromatic N) is 1. The van der Waals surface area contributed by atoms with Gasteiger partial charge in [0.2, 0.25) is 0 Å². The van der Waals surface area contributed by atoms with Gasteiger partial charge in [0.25, 0.3) is 0 Å². The van der Waals surface area contributed by atoms with E-state index in [0.717, 1.165) is 18.2 Å². The fourth-order valence-electron chi connectivity index (χ4n) is 1.32. The predicted molar refractivity (Wildman–Crippen MR) is 61.4 cm³/mol. The summed E-state index contributed by atoms with van der Waals surface area (Å²) in [7, 11) is 0. The summed E-state index contributed by atoms with van der Waals surface area (Å²) in [6.45, 7) is 0.0650. The van der Waals surface area contributed by atoms with Crippen molar-refractivity contribution >= 4 is 11.7 Å². The predicted octanol–water partition coefficient (Wildman–Crippen LogP) is 2.63. The summed E-state index contributed by atoms with van der Waals surface area (Å²) in [6.07, 6.45) is -2.48. The molecule has 19 heavy (non-hydrogen) atoms. The van der Waals surface area contributed by atoms with E-state index in [-0.39, 0.29) is 12.2 Å². The zero-order valence-corrected chi connectivity index (χ0v) is 9.53. The normalized spacial score (nSPS) is 11.3.